The highest BCUT2D eigenvalue weighted by atomic mass is 16.1. The second-order valence-corrected chi connectivity index (χ2v) is 17.2. The highest BCUT2D eigenvalue weighted by molar-refractivity contribution is 5.76. The lowest BCUT2D eigenvalue weighted by Gasteiger charge is -2.61. The van der Waals surface area contributed by atoms with Crippen molar-refractivity contribution in [1.82, 2.24) is 9.80 Å². The predicted octanol–water partition coefficient (Wildman–Crippen LogP) is 10.3. The van der Waals surface area contributed by atoms with Crippen LogP contribution in [0.5, 0.6) is 0 Å². The molecular weight excluding hydrogens is 536 g/mol. The number of piperidine rings is 1. The average molecular weight is 604 g/mol. The van der Waals surface area contributed by atoms with Crippen molar-refractivity contribution < 1.29 is 4.79 Å². The number of carbonyl (C=O) groups is 1. The van der Waals surface area contributed by atoms with Crippen molar-refractivity contribution in [1.29, 1.82) is 0 Å². The lowest BCUT2D eigenvalue weighted by Crippen LogP contribution is -2.58. The summed E-state index contributed by atoms with van der Waals surface area (Å²) in [6.07, 6.45) is 24.1. The molecule has 1 saturated heterocycles. The smallest absolute Gasteiger partial charge is 0.220 e. The summed E-state index contributed by atoms with van der Waals surface area (Å²) in [5.41, 5.74) is 2.62. The SMILES string of the molecule is CCCCCC[N+]1(c2ccccc2)CCC(NC(=O)CC[C@@H](C)[C@H]2CC[C@H]3[C@@H]4CCC5CCCC[C@]5(C)[C@H]4CC[C@]23C)CC1. The molecule has 246 valence electrons. The number of quaternary nitrogens is 1. The van der Waals surface area contributed by atoms with Crippen molar-refractivity contribution >= 4 is 11.6 Å². The Morgan fingerprint density at radius 3 is 2.41 bits per heavy atom. The number of nitrogens with one attached hydrogen (secondary N) is 1. The Morgan fingerprint density at radius 1 is 0.864 bits per heavy atom. The number of amides is 1. The maximum atomic E-state index is 13.3. The van der Waals surface area contributed by atoms with Gasteiger partial charge in [0.25, 0.3) is 0 Å². The average Bonchev–Trinajstić information content (AvgIpc) is 3.40. The minimum atomic E-state index is 0.316. The summed E-state index contributed by atoms with van der Waals surface area (Å²) in [7, 11) is 0. The number of hydrogen-bond acceptors (Lipinski definition) is 1. The van der Waals surface area contributed by atoms with Crippen molar-refractivity contribution in [3.05, 3.63) is 30.3 Å². The maximum Gasteiger partial charge on any atom is 0.220 e. The van der Waals surface area contributed by atoms with Gasteiger partial charge in [0.05, 0.1) is 19.6 Å². The van der Waals surface area contributed by atoms with Gasteiger partial charge in [0.15, 0.2) is 0 Å². The number of hydrogen-bond donors (Lipinski definition) is 1. The molecule has 3 heteroatoms. The van der Waals surface area contributed by atoms with Crippen molar-refractivity contribution in [2.45, 2.75) is 149 Å². The van der Waals surface area contributed by atoms with Crippen molar-refractivity contribution in [3.8, 4) is 0 Å². The zero-order chi connectivity index (χ0) is 30.8. The second-order valence-electron chi connectivity index (χ2n) is 17.2. The first-order valence-electron chi connectivity index (χ1n) is 19.5. The van der Waals surface area contributed by atoms with Crippen molar-refractivity contribution in [3.63, 3.8) is 0 Å². The molecule has 44 heavy (non-hydrogen) atoms. The molecule has 5 fully saturated rings. The van der Waals surface area contributed by atoms with E-state index in [1.54, 1.807) is 0 Å². The van der Waals surface area contributed by atoms with Crippen LogP contribution in [0.15, 0.2) is 30.3 Å². The highest BCUT2D eigenvalue weighted by Gasteiger charge is 2.60. The third kappa shape index (κ3) is 6.31. The lowest BCUT2D eigenvalue weighted by molar-refractivity contribution is -0.123. The maximum absolute atomic E-state index is 13.3. The van der Waals surface area contributed by atoms with Crippen LogP contribution < -0.4 is 9.80 Å². The summed E-state index contributed by atoms with van der Waals surface area (Å²) >= 11 is 0. The first-order chi connectivity index (χ1) is 21.3. The molecule has 1 N–H and O–H groups in total. The van der Waals surface area contributed by atoms with Gasteiger partial charge in [0.1, 0.15) is 5.69 Å². The van der Waals surface area contributed by atoms with Gasteiger partial charge in [0.2, 0.25) is 5.91 Å². The van der Waals surface area contributed by atoms with Crippen LogP contribution in [0.25, 0.3) is 0 Å². The molecule has 5 aliphatic rings. The first-order valence-corrected chi connectivity index (χ1v) is 19.5. The van der Waals surface area contributed by atoms with Crippen LogP contribution >= 0.6 is 0 Å². The Morgan fingerprint density at radius 2 is 1.64 bits per heavy atom. The number of carbonyl (C=O) groups excluding carboxylic acids is 1. The summed E-state index contributed by atoms with van der Waals surface area (Å²) in [4.78, 5) is 13.3. The number of unbranched alkanes of at least 4 members (excludes halogenated alkanes) is 3. The van der Waals surface area contributed by atoms with E-state index in [4.69, 9.17) is 0 Å². The van der Waals surface area contributed by atoms with E-state index >= 15 is 0 Å². The first kappa shape index (κ1) is 32.6. The predicted molar refractivity (Wildman–Crippen MR) is 186 cm³/mol. The van der Waals surface area contributed by atoms with Crippen LogP contribution in [0, 0.1) is 46.3 Å². The molecule has 3 nitrogen and oxygen atoms in total. The molecule has 1 unspecified atom stereocenters. The zero-order valence-electron chi connectivity index (χ0n) is 29.1. The van der Waals surface area contributed by atoms with Crippen LogP contribution in [-0.4, -0.2) is 31.6 Å². The molecule has 0 bridgehead atoms. The van der Waals surface area contributed by atoms with E-state index < -0.39 is 0 Å². The Kier molecular flexibility index (Phi) is 10.2. The standard InChI is InChI=1S/C41H66N2O/c1-5-6-7-13-28-43(34-15-9-8-10-16-34)29-24-33(25-30-43)42-39(44)22-17-31(2)36-20-21-37-35-19-18-32-14-11-12-26-40(32,3)38(35)23-27-41(36,37)4/h8-10,15-16,31-33,35-38H,5-7,11-14,17-30H2,1-4H3/p+1/t31-,32?,33?,35+,36-,37+,38+,40+,41-,43?/m1/s1. The quantitative estimate of drug-likeness (QED) is 0.198. The van der Waals surface area contributed by atoms with Gasteiger partial charge in [0, 0.05) is 25.3 Å². The molecule has 1 aromatic rings. The van der Waals surface area contributed by atoms with Gasteiger partial charge in [-0.25, -0.2) is 0 Å². The van der Waals surface area contributed by atoms with E-state index in [1.807, 2.05) is 0 Å². The van der Waals surface area contributed by atoms with E-state index in [1.165, 1.54) is 102 Å². The lowest BCUT2D eigenvalue weighted by atomic mass is 9.44. The van der Waals surface area contributed by atoms with Gasteiger partial charge < -0.3 is 5.32 Å². The summed E-state index contributed by atoms with van der Waals surface area (Å²) in [6, 6.07) is 11.6. The topological polar surface area (TPSA) is 29.1 Å². The third-order valence-corrected chi connectivity index (χ3v) is 15.1. The van der Waals surface area contributed by atoms with Crippen LogP contribution in [0.3, 0.4) is 0 Å². The third-order valence-electron chi connectivity index (χ3n) is 15.1. The molecule has 0 spiro atoms. The van der Waals surface area contributed by atoms with E-state index in [0.717, 1.165) is 72.8 Å². The number of para-hydroxylation sites is 1. The van der Waals surface area contributed by atoms with Crippen molar-refractivity contribution in [2.75, 3.05) is 19.6 Å². The Hall–Kier alpha value is -1.35. The fourth-order valence-corrected chi connectivity index (χ4v) is 12.5. The molecule has 1 aliphatic heterocycles. The minimum Gasteiger partial charge on any atom is -0.353 e. The second kappa shape index (κ2) is 13.8. The molecule has 1 amide bonds. The summed E-state index contributed by atoms with van der Waals surface area (Å²) < 4.78 is 1.11. The molecule has 8 atom stereocenters. The molecule has 4 saturated carbocycles. The Bertz CT molecular complexity index is 1080. The Balaban J connectivity index is 0.993. The summed E-state index contributed by atoms with van der Waals surface area (Å²) in [5.74, 6) is 5.71. The molecule has 6 rings (SSSR count). The van der Waals surface area contributed by atoms with E-state index in [9.17, 15) is 4.79 Å². The van der Waals surface area contributed by atoms with E-state index in [0.29, 0.717) is 28.7 Å². The summed E-state index contributed by atoms with van der Waals surface area (Å²) in [5, 5.41) is 3.52. The molecule has 1 aromatic carbocycles. The number of fused-ring (bicyclic) bond motifs is 5. The number of likely N-dealkylation sites (tertiary alicyclic amines) is 1. The van der Waals surface area contributed by atoms with Gasteiger partial charge in [-0.3, -0.25) is 9.28 Å². The van der Waals surface area contributed by atoms with Gasteiger partial charge in [-0.15, -0.1) is 0 Å². The molecular formula is C41H67N2O+. The van der Waals surface area contributed by atoms with E-state index in [2.05, 4.69) is 63.3 Å². The van der Waals surface area contributed by atoms with Crippen LogP contribution in [0.2, 0.25) is 0 Å². The highest BCUT2D eigenvalue weighted by Crippen LogP contribution is 2.68. The van der Waals surface area contributed by atoms with Crippen LogP contribution in [0.1, 0.15) is 143 Å². The minimum absolute atomic E-state index is 0.316. The fourth-order valence-electron chi connectivity index (χ4n) is 12.5. The number of nitrogens with zero attached hydrogens (tertiary/aromatic N) is 1. The van der Waals surface area contributed by atoms with Gasteiger partial charge in [-0.2, -0.15) is 0 Å². The van der Waals surface area contributed by atoms with Crippen molar-refractivity contribution in [2.24, 2.45) is 46.3 Å². The molecule has 1 heterocycles. The summed E-state index contributed by atoms with van der Waals surface area (Å²) in [6.45, 7) is 13.8. The van der Waals surface area contributed by atoms with Gasteiger partial charge in [-0.1, -0.05) is 71.6 Å². The monoisotopic (exact) mass is 604 g/mol. The number of benzene rings is 1. The molecule has 0 radical (unpaired) electrons. The number of rotatable bonds is 11. The Labute approximate surface area is 271 Å². The fraction of sp³-hybridized carbons (Fsp3) is 0.829. The van der Waals surface area contributed by atoms with Gasteiger partial charge >= 0.3 is 0 Å². The van der Waals surface area contributed by atoms with E-state index in [-0.39, 0.29) is 0 Å². The zero-order valence-corrected chi connectivity index (χ0v) is 29.1. The van der Waals surface area contributed by atoms with Gasteiger partial charge in [-0.05, 0) is 129 Å². The molecule has 0 aromatic heterocycles. The largest absolute Gasteiger partial charge is 0.353 e. The normalized spacial score (nSPS) is 40.8. The van der Waals surface area contributed by atoms with Crippen LogP contribution in [-0.2, 0) is 4.79 Å². The van der Waals surface area contributed by atoms with Crippen LogP contribution in [0.4, 0.5) is 5.69 Å². The molecule has 4 aliphatic carbocycles.